The number of anilines is 4. The molecule has 8 nitrogen and oxygen atoms in total. The number of oxazole rings is 1. The summed E-state index contributed by atoms with van der Waals surface area (Å²) >= 11 is 0. The maximum atomic E-state index is 5.85. The molecule has 0 bridgehead atoms. The zero-order valence-electron chi connectivity index (χ0n) is 17.9. The average molecular weight is 408 g/mol. The van der Waals surface area contributed by atoms with Crippen LogP contribution in [-0.2, 0) is 13.0 Å². The Hall–Kier alpha value is -3.16. The lowest BCUT2D eigenvalue weighted by molar-refractivity contribution is 0.528. The van der Waals surface area contributed by atoms with Gasteiger partial charge in [-0.1, -0.05) is 25.1 Å². The molecule has 0 spiro atoms. The summed E-state index contributed by atoms with van der Waals surface area (Å²) in [5, 5.41) is 6.54. The van der Waals surface area contributed by atoms with Gasteiger partial charge >= 0.3 is 6.01 Å². The highest BCUT2D eigenvalue weighted by Gasteiger charge is 2.17. The number of hydrogen-bond donors (Lipinski definition) is 2. The van der Waals surface area contributed by atoms with Crippen molar-refractivity contribution in [3.63, 3.8) is 0 Å². The highest BCUT2D eigenvalue weighted by Crippen LogP contribution is 2.22. The van der Waals surface area contributed by atoms with Crippen molar-refractivity contribution in [2.45, 2.75) is 53.0 Å². The van der Waals surface area contributed by atoms with Crippen molar-refractivity contribution < 1.29 is 4.42 Å². The van der Waals surface area contributed by atoms with Gasteiger partial charge in [-0.2, -0.15) is 15.0 Å². The van der Waals surface area contributed by atoms with E-state index in [-0.39, 0.29) is 0 Å². The molecule has 0 aliphatic carbocycles. The van der Waals surface area contributed by atoms with Crippen LogP contribution in [0.4, 0.5) is 23.6 Å². The Labute approximate surface area is 177 Å². The number of para-hydroxylation sites is 1. The van der Waals surface area contributed by atoms with Crippen LogP contribution in [0.25, 0.3) is 0 Å². The van der Waals surface area contributed by atoms with Crippen molar-refractivity contribution in [3.8, 4) is 0 Å². The molecule has 3 heterocycles. The molecule has 4 rings (SSSR count). The fraction of sp³-hybridized carbons (Fsp3) is 0.455. The Balaban J connectivity index is 1.45. The molecule has 2 N–H and O–H groups in total. The lowest BCUT2D eigenvalue weighted by Crippen LogP contribution is -2.31. The number of nitrogens with zero attached hydrogens (tertiary/aromatic N) is 5. The van der Waals surface area contributed by atoms with E-state index in [4.69, 9.17) is 4.42 Å². The first-order valence-electron chi connectivity index (χ1n) is 10.6. The third kappa shape index (κ3) is 4.69. The van der Waals surface area contributed by atoms with Crippen molar-refractivity contribution in [1.29, 1.82) is 0 Å². The van der Waals surface area contributed by atoms with E-state index < -0.39 is 0 Å². The van der Waals surface area contributed by atoms with Crippen molar-refractivity contribution >= 4 is 23.6 Å². The van der Waals surface area contributed by atoms with E-state index in [1.54, 1.807) is 6.20 Å². The maximum absolute atomic E-state index is 5.85. The fourth-order valence-corrected chi connectivity index (χ4v) is 3.67. The molecular formula is C22H29N7O. The molecule has 8 heteroatoms. The van der Waals surface area contributed by atoms with Crippen LogP contribution in [0, 0.1) is 13.8 Å². The van der Waals surface area contributed by atoms with Crippen LogP contribution in [0.5, 0.6) is 0 Å². The summed E-state index contributed by atoms with van der Waals surface area (Å²) in [7, 11) is 0. The number of benzene rings is 1. The SMILES string of the molecule is CCc1nc(Nc2ncc(CNc3c(C)cccc3C)o2)nc(N2CCCCC2)n1. The Morgan fingerprint density at radius 3 is 2.53 bits per heavy atom. The van der Waals surface area contributed by atoms with Crippen LogP contribution in [0.1, 0.15) is 48.9 Å². The Morgan fingerprint density at radius 2 is 1.80 bits per heavy atom. The zero-order chi connectivity index (χ0) is 20.9. The van der Waals surface area contributed by atoms with E-state index in [0.717, 1.165) is 42.7 Å². The molecule has 158 valence electrons. The van der Waals surface area contributed by atoms with Gasteiger partial charge in [0.05, 0.1) is 12.7 Å². The van der Waals surface area contributed by atoms with Crippen molar-refractivity contribution in [2.24, 2.45) is 0 Å². The number of aromatic nitrogens is 4. The molecule has 2 aromatic heterocycles. The summed E-state index contributed by atoms with van der Waals surface area (Å²) in [5.74, 6) is 2.70. The number of rotatable bonds is 7. The largest absolute Gasteiger partial charge is 0.427 e. The lowest BCUT2D eigenvalue weighted by Gasteiger charge is -2.26. The summed E-state index contributed by atoms with van der Waals surface area (Å²) in [6.45, 7) is 8.75. The minimum atomic E-state index is 0.381. The summed E-state index contributed by atoms with van der Waals surface area (Å²) in [5.41, 5.74) is 3.53. The summed E-state index contributed by atoms with van der Waals surface area (Å²) < 4.78 is 5.85. The molecule has 0 amide bonds. The maximum Gasteiger partial charge on any atom is 0.301 e. The monoisotopic (exact) mass is 407 g/mol. The molecule has 0 atom stereocenters. The van der Waals surface area contributed by atoms with Gasteiger partial charge in [-0.05, 0) is 44.2 Å². The average Bonchev–Trinajstić information content (AvgIpc) is 3.21. The molecule has 1 fully saturated rings. The Bertz CT molecular complexity index is 975. The van der Waals surface area contributed by atoms with Crippen molar-refractivity contribution in [3.05, 3.63) is 47.1 Å². The van der Waals surface area contributed by atoms with Gasteiger partial charge in [-0.25, -0.2) is 4.98 Å². The Kier molecular flexibility index (Phi) is 6.11. The van der Waals surface area contributed by atoms with E-state index in [1.165, 1.54) is 30.4 Å². The molecule has 30 heavy (non-hydrogen) atoms. The van der Waals surface area contributed by atoms with Crippen LogP contribution in [0.3, 0.4) is 0 Å². The van der Waals surface area contributed by atoms with Gasteiger partial charge in [0, 0.05) is 25.2 Å². The highest BCUT2D eigenvalue weighted by molar-refractivity contribution is 5.56. The number of aryl methyl sites for hydroxylation is 3. The van der Waals surface area contributed by atoms with Crippen molar-refractivity contribution in [2.75, 3.05) is 28.6 Å². The van der Waals surface area contributed by atoms with Gasteiger partial charge in [0.1, 0.15) is 11.6 Å². The van der Waals surface area contributed by atoms with Gasteiger partial charge in [-0.3, -0.25) is 5.32 Å². The third-order valence-electron chi connectivity index (χ3n) is 5.32. The first-order chi connectivity index (χ1) is 14.6. The van der Waals surface area contributed by atoms with Crippen LogP contribution in [-0.4, -0.2) is 33.0 Å². The van der Waals surface area contributed by atoms with E-state index in [2.05, 4.69) is 67.5 Å². The summed E-state index contributed by atoms with van der Waals surface area (Å²) in [6, 6.07) is 6.62. The smallest absolute Gasteiger partial charge is 0.301 e. The topological polar surface area (TPSA) is 92.0 Å². The minimum Gasteiger partial charge on any atom is -0.427 e. The minimum absolute atomic E-state index is 0.381. The molecule has 3 aromatic rings. The predicted octanol–water partition coefficient (Wildman–Crippen LogP) is 4.38. The highest BCUT2D eigenvalue weighted by atomic mass is 16.4. The van der Waals surface area contributed by atoms with Crippen molar-refractivity contribution in [1.82, 2.24) is 19.9 Å². The van der Waals surface area contributed by atoms with Crippen LogP contribution >= 0.6 is 0 Å². The van der Waals surface area contributed by atoms with E-state index in [1.807, 2.05) is 6.92 Å². The fourth-order valence-electron chi connectivity index (χ4n) is 3.67. The molecular weight excluding hydrogens is 378 g/mol. The normalized spacial score (nSPS) is 14.0. The van der Waals surface area contributed by atoms with Gasteiger partial charge in [0.15, 0.2) is 0 Å². The molecule has 1 aliphatic rings. The molecule has 1 saturated heterocycles. The van der Waals surface area contributed by atoms with Gasteiger partial charge in [0.2, 0.25) is 11.9 Å². The standard InChI is InChI=1S/C22H29N7O/c1-4-18-25-20(27-21(26-18)29-11-6-5-7-12-29)28-22-24-14-17(30-22)13-23-19-15(2)9-8-10-16(19)3/h8-10,14,23H,4-7,11-13H2,1-3H3,(H,24,25,26,27,28). The molecule has 1 aliphatic heterocycles. The van der Waals surface area contributed by atoms with E-state index in [0.29, 0.717) is 18.5 Å². The van der Waals surface area contributed by atoms with Gasteiger partial charge < -0.3 is 14.6 Å². The second-order valence-electron chi connectivity index (χ2n) is 7.65. The van der Waals surface area contributed by atoms with Crippen LogP contribution in [0.2, 0.25) is 0 Å². The molecule has 0 saturated carbocycles. The molecule has 0 unspecified atom stereocenters. The second-order valence-corrected chi connectivity index (χ2v) is 7.65. The Morgan fingerprint density at radius 1 is 1.03 bits per heavy atom. The van der Waals surface area contributed by atoms with E-state index >= 15 is 0 Å². The summed E-state index contributed by atoms with van der Waals surface area (Å²) in [6.07, 6.45) is 6.08. The van der Waals surface area contributed by atoms with Gasteiger partial charge in [0.25, 0.3) is 0 Å². The van der Waals surface area contributed by atoms with Crippen LogP contribution < -0.4 is 15.5 Å². The summed E-state index contributed by atoms with van der Waals surface area (Å²) in [4.78, 5) is 20.3. The van der Waals surface area contributed by atoms with E-state index in [9.17, 15) is 0 Å². The van der Waals surface area contributed by atoms with Crippen LogP contribution in [0.15, 0.2) is 28.8 Å². The second kappa shape index (κ2) is 9.11. The first kappa shape index (κ1) is 20.1. The predicted molar refractivity (Wildman–Crippen MR) is 118 cm³/mol. The molecule has 1 aromatic carbocycles. The number of nitrogens with one attached hydrogen (secondary N) is 2. The van der Waals surface area contributed by atoms with Gasteiger partial charge in [-0.15, -0.1) is 0 Å². The third-order valence-corrected chi connectivity index (χ3v) is 5.32. The zero-order valence-corrected chi connectivity index (χ0v) is 17.9. The quantitative estimate of drug-likeness (QED) is 0.596. The molecule has 0 radical (unpaired) electrons. The number of piperidine rings is 1. The lowest BCUT2D eigenvalue weighted by atomic mass is 10.1. The number of hydrogen-bond acceptors (Lipinski definition) is 8. The first-order valence-corrected chi connectivity index (χ1v) is 10.6.